The van der Waals surface area contributed by atoms with Crippen LogP contribution in [0.5, 0.6) is 5.75 Å². The van der Waals surface area contributed by atoms with E-state index in [4.69, 9.17) is 10.5 Å². The molecule has 1 spiro atoms. The van der Waals surface area contributed by atoms with Crippen LogP contribution in [-0.2, 0) is 12.8 Å². The first-order valence-electron chi connectivity index (χ1n) is 13.1. The van der Waals surface area contributed by atoms with E-state index < -0.39 is 24.3 Å². The molecule has 1 amide bonds. The largest absolute Gasteiger partial charge is 0.487 e. The van der Waals surface area contributed by atoms with Crippen LogP contribution < -0.4 is 15.8 Å². The standard InChI is InChI=1S/C29H28F4N4O2/c30-25-22(15-23(26(34)36-25)18-1-3-21-19(13-18)6-10-35-27(21)38)17-2-4-24-20(14-17)5-7-28(39-24)8-11-37(12-9-28)16-29(31,32)33/h1-4,13-15H,5-12,16H2,(H2,34,36)(H,35,38). The number of aromatic nitrogens is 1. The lowest BCUT2D eigenvalue weighted by molar-refractivity contribution is -0.153. The number of hydrogen-bond acceptors (Lipinski definition) is 5. The Bertz CT molecular complexity index is 1450. The average Bonchev–Trinajstić information content (AvgIpc) is 2.89. The number of hydrogen-bond donors (Lipinski definition) is 2. The molecule has 0 aliphatic carbocycles. The molecule has 3 aliphatic heterocycles. The van der Waals surface area contributed by atoms with Gasteiger partial charge in [-0.3, -0.25) is 9.69 Å². The van der Waals surface area contributed by atoms with Gasteiger partial charge in [-0.15, -0.1) is 0 Å². The third-order valence-corrected chi connectivity index (χ3v) is 8.06. The van der Waals surface area contributed by atoms with Crippen molar-refractivity contribution in [2.45, 2.75) is 43.9 Å². The van der Waals surface area contributed by atoms with Gasteiger partial charge in [0, 0.05) is 36.3 Å². The van der Waals surface area contributed by atoms with Gasteiger partial charge in [-0.05, 0) is 78.6 Å². The molecule has 6 rings (SSSR count). The zero-order chi connectivity index (χ0) is 27.4. The molecule has 3 aliphatic rings. The molecule has 3 N–H and O–H groups in total. The highest BCUT2D eigenvalue weighted by Gasteiger charge is 2.42. The maximum Gasteiger partial charge on any atom is 0.401 e. The van der Waals surface area contributed by atoms with Gasteiger partial charge in [0.1, 0.15) is 17.2 Å². The maximum absolute atomic E-state index is 15.1. The normalized spacial score (nSPS) is 18.7. The first-order valence-corrected chi connectivity index (χ1v) is 13.1. The number of nitrogens with zero attached hydrogens (tertiary/aromatic N) is 2. The lowest BCUT2D eigenvalue weighted by Gasteiger charge is -2.44. The number of anilines is 1. The average molecular weight is 541 g/mol. The van der Waals surface area contributed by atoms with Crippen LogP contribution in [0.1, 0.15) is 40.7 Å². The second-order valence-corrected chi connectivity index (χ2v) is 10.6. The smallest absolute Gasteiger partial charge is 0.401 e. The highest BCUT2D eigenvalue weighted by atomic mass is 19.4. The van der Waals surface area contributed by atoms with Crippen molar-refractivity contribution in [1.29, 1.82) is 0 Å². The number of nitrogen functional groups attached to an aromatic ring is 1. The molecule has 2 aromatic carbocycles. The summed E-state index contributed by atoms with van der Waals surface area (Å²) in [6.45, 7) is 0.339. The van der Waals surface area contributed by atoms with Crippen LogP contribution >= 0.6 is 0 Å². The van der Waals surface area contributed by atoms with Crippen LogP contribution in [0.25, 0.3) is 22.3 Å². The predicted molar refractivity (Wildman–Crippen MR) is 139 cm³/mol. The molecule has 204 valence electrons. The van der Waals surface area contributed by atoms with E-state index in [0.717, 1.165) is 16.7 Å². The Labute approximate surface area is 223 Å². The first-order chi connectivity index (χ1) is 18.6. The number of halogens is 4. The fourth-order valence-electron chi connectivity index (χ4n) is 5.95. The molecule has 0 radical (unpaired) electrons. The lowest BCUT2D eigenvalue weighted by atomic mass is 9.82. The molecule has 39 heavy (non-hydrogen) atoms. The summed E-state index contributed by atoms with van der Waals surface area (Å²) < 4.78 is 59.8. The minimum atomic E-state index is -4.20. The van der Waals surface area contributed by atoms with E-state index in [2.05, 4.69) is 10.3 Å². The summed E-state index contributed by atoms with van der Waals surface area (Å²) in [6, 6.07) is 12.6. The number of nitrogens with two attached hydrogens (primary N) is 1. The van der Waals surface area contributed by atoms with Crippen LogP contribution in [0, 0.1) is 5.95 Å². The van der Waals surface area contributed by atoms with E-state index in [1.165, 1.54) is 4.90 Å². The summed E-state index contributed by atoms with van der Waals surface area (Å²) >= 11 is 0. The van der Waals surface area contributed by atoms with Gasteiger partial charge in [-0.25, -0.2) is 4.98 Å². The highest BCUT2D eigenvalue weighted by Crippen LogP contribution is 2.42. The molecule has 3 aromatic rings. The summed E-state index contributed by atoms with van der Waals surface area (Å²) in [5, 5.41) is 2.82. The van der Waals surface area contributed by atoms with Gasteiger partial charge in [0.25, 0.3) is 5.91 Å². The number of rotatable bonds is 3. The van der Waals surface area contributed by atoms with Crippen molar-refractivity contribution >= 4 is 11.7 Å². The van der Waals surface area contributed by atoms with E-state index in [-0.39, 0.29) is 11.7 Å². The predicted octanol–water partition coefficient (Wildman–Crippen LogP) is 5.14. The zero-order valence-corrected chi connectivity index (χ0v) is 21.2. The summed E-state index contributed by atoms with van der Waals surface area (Å²) in [4.78, 5) is 17.5. The Morgan fingerprint density at radius 2 is 1.67 bits per heavy atom. The van der Waals surface area contributed by atoms with Crippen molar-refractivity contribution < 1.29 is 27.1 Å². The molecule has 4 heterocycles. The van der Waals surface area contributed by atoms with Crippen LogP contribution in [-0.4, -0.2) is 53.7 Å². The molecule has 0 saturated carbocycles. The van der Waals surface area contributed by atoms with Crippen molar-refractivity contribution in [1.82, 2.24) is 15.2 Å². The number of alkyl halides is 3. The molecule has 1 aromatic heterocycles. The van der Waals surface area contributed by atoms with E-state index in [0.29, 0.717) is 79.7 Å². The minimum Gasteiger partial charge on any atom is -0.487 e. The van der Waals surface area contributed by atoms with Crippen LogP contribution in [0.4, 0.5) is 23.4 Å². The van der Waals surface area contributed by atoms with E-state index in [9.17, 15) is 18.0 Å². The Hall–Kier alpha value is -3.66. The second-order valence-electron chi connectivity index (χ2n) is 10.6. The molecule has 1 saturated heterocycles. The second kappa shape index (κ2) is 9.51. The van der Waals surface area contributed by atoms with Gasteiger partial charge in [-0.1, -0.05) is 18.2 Å². The molecular weight excluding hydrogens is 512 g/mol. The fourth-order valence-corrected chi connectivity index (χ4v) is 5.95. The minimum absolute atomic E-state index is 0.0663. The molecule has 1 fully saturated rings. The SMILES string of the molecule is Nc1nc(F)c(-c2ccc3c(c2)CCC2(CCN(CC(F)(F)F)CC2)O3)cc1-c1ccc2c(c1)CCNC2=O. The van der Waals surface area contributed by atoms with Crippen molar-refractivity contribution in [3.63, 3.8) is 0 Å². The highest BCUT2D eigenvalue weighted by molar-refractivity contribution is 5.97. The van der Waals surface area contributed by atoms with Crippen LogP contribution in [0.3, 0.4) is 0 Å². The van der Waals surface area contributed by atoms with Gasteiger partial charge in [-0.2, -0.15) is 17.6 Å². The van der Waals surface area contributed by atoms with Crippen LogP contribution in [0.15, 0.2) is 42.5 Å². The van der Waals surface area contributed by atoms with Gasteiger partial charge in [0.15, 0.2) is 0 Å². The first kappa shape index (κ1) is 25.6. The van der Waals surface area contributed by atoms with E-state index >= 15 is 4.39 Å². The molecule has 0 unspecified atom stereocenters. The summed E-state index contributed by atoms with van der Waals surface area (Å²) in [5.41, 5.74) is 10.4. The van der Waals surface area contributed by atoms with Crippen molar-refractivity contribution in [3.05, 3.63) is 65.1 Å². The van der Waals surface area contributed by atoms with Crippen LogP contribution in [0.2, 0.25) is 0 Å². The number of benzene rings is 2. The number of amides is 1. The summed E-state index contributed by atoms with van der Waals surface area (Å²) in [7, 11) is 0. The van der Waals surface area contributed by atoms with Gasteiger partial charge in [0.2, 0.25) is 5.95 Å². The summed E-state index contributed by atoms with van der Waals surface area (Å²) in [5.74, 6) is -0.0415. The maximum atomic E-state index is 15.1. The number of nitrogens with one attached hydrogen (secondary N) is 1. The number of carbonyl (C=O) groups excluding carboxylic acids is 1. The lowest BCUT2D eigenvalue weighted by Crippen LogP contribution is -2.51. The van der Waals surface area contributed by atoms with Crippen molar-refractivity contribution in [2.24, 2.45) is 0 Å². The Balaban J connectivity index is 1.25. The van der Waals surface area contributed by atoms with Gasteiger partial charge in [0.05, 0.1) is 6.54 Å². The van der Waals surface area contributed by atoms with Gasteiger partial charge >= 0.3 is 6.18 Å². The fraction of sp³-hybridized carbons (Fsp3) is 0.379. The molecular formula is C29H28F4N4O2. The number of fused-ring (bicyclic) bond motifs is 2. The van der Waals surface area contributed by atoms with E-state index in [1.54, 1.807) is 30.3 Å². The monoisotopic (exact) mass is 540 g/mol. The number of likely N-dealkylation sites (tertiary alicyclic amines) is 1. The topological polar surface area (TPSA) is 80.5 Å². The number of pyridine rings is 1. The number of piperidine rings is 1. The van der Waals surface area contributed by atoms with Gasteiger partial charge < -0.3 is 15.8 Å². The molecule has 0 atom stereocenters. The molecule has 6 nitrogen and oxygen atoms in total. The number of aryl methyl sites for hydroxylation is 1. The molecule has 0 bridgehead atoms. The number of ether oxygens (including phenoxy) is 1. The quantitative estimate of drug-likeness (QED) is 0.355. The third-order valence-electron chi connectivity index (χ3n) is 8.06. The Kier molecular flexibility index (Phi) is 6.25. The third kappa shape index (κ3) is 5.05. The Morgan fingerprint density at radius 1 is 0.949 bits per heavy atom. The van der Waals surface area contributed by atoms with Crippen molar-refractivity contribution in [2.75, 3.05) is 31.9 Å². The van der Waals surface area contributed by atoms with Crippen molar-refractivity contribution in [3.8, 4) is 28.0 Å². The number of carbonyl (C=O) groups is 1. The van der Waals surface area contributed by atoms with E-state index in [1.807, 2.05) is 12.1 Å². The Morgan fingerprint density at radius 3 is 2.44 bits per heavy atom. The summed E-state index contributed by atoms with van der Waals surface area (Å²) in [6.07, 6.45) is -1.06. The zero-order valence-electron chi connectivity index (χ0n) is 21.2. The molecule has 10 heteroatoms.